The molecule has 1 aromatic heterocycles. The number of aliphatic imine (C=N–C) groups is 1. The first-order valence-electron chi connectivity index (χ1n) is 6.59. The lowest BCUT2D eigenvalue weighted by Crippen LogP contribution is -2.37. The highest BCUT2D eigenvalue weighted by Crippen LogP contribution is 2.02. The number of benzene rings is 1. The molecule has 0 aliphatic carbocycles. The number of carbonyl (C=O) groups is 3. The van der Waals surface area contributed by atoms with Crippen LogP contribution < -0.4 is 11.1 Å². The van der Waals surface area contributed by atoms with Crippen molar-refractivity contribution in [1.29, 1.82) is 0 Å². The lowest BCUT2D eigenvalue weighted by atomic mass is 10.2. The third-order valence-corrected chi connectivity index (χ3v) is 2.74. The molecule has 0 saturated heterocycles. The van der Waals surface area contributed by atoms with E-state index in [1.807, 2.05) is 18.2 Å². The molecule has 0 bridgehead atoms. The van der Waals surface area contributed by atoms with E-state index >= 15 is 0 Å². The van der Waals surface area contributed by atoms with E-state index in [1.165, 1.54) is 12.1 Å². The van der Waals surface area contributed by atoms with E-state index in [0.717, 1.165) is 5.56 Å². The van der Waals surface area contributed by atoms with Crippen molar-refractivity contribution in [2.75, 3.05) is 0 Å². The first-order chi connectivity index (χ1) is 11.1. The number of amides is 2. The van der Waals surface area contributed by atoms with Crippen molar-refractivity contribution in [2.45, 2.75) is 6.61 Å². The first kappa shape index (κ1) is 16.0. The number of guanidine groups is 1. The summed E-state index contributed by atoms with van der Waals surface area (Å²) in [6, 6.07) is 11.9. The number of nitrogens with zero attached hydrogens (tertiary/aromatic N) is 1. The number of carbonyl (C=O) groups excluding carboxylic acids is 3. The largest absolute Gasteiger partial charge is 0.443 e. The Labute approximate surface area is 131 Å². The number of aromatic nitrogens is 1. The number of hydrogen-bond donors (Lipinski definition) is 3. The summed E-state index contributed by atoms with van der Waals surface area (Å²) in [5.41, 5.74) is 6.61. The van der Waals surface area contributed by atoms with Gasteiger partial charge in [-0.25, -0.2) is 4.79 Å². The van der Waals surface area contributed by atoms with Gasteiger partial charge in [-0.3, -0.25) is 14.9 Å². The second-order valence-electron chi connectivity index (χ2n) is 4.44. The lowest BCUT2D eigenvalue weighted by Gasteiger charge is -2.04. The molecule has 0 aliphatic heterocycles. The standard InChI is InChI=1S/C15H14N4O4/c16-14(18-13(21)12-7-6-11(8-20)17-12)19-15(22)23-9-10-4-2-1-3-5-10/h1-8,17H,9H2,(H3,16,18,19,21,22). The normalized spacial score (nSPS) is 10.9. The summed E-state index contributed by atoms with van der Waals surface area (Å²) in [5, 5.41) is 2.20. The van der Waals surface area contributed by atoms with Gasteiger partial charge in [-0.1, -0.05) is 30.3 Å². The number of hydrogen-bond acceptors (Lipinski definition) is 4. The molecule has 4 N–H and O–H groups in total. The SMILES string of the molecule is N/C(=N\C(=O)OCc1ccccc1)NC(=O)c1ccc(C=O)[nH]1. The average Bonchev–Trinajstić information content (AvgIpc) is 3.03. The van der Waals surface area contributed by atoms with Crippen molar-refractivity contribution in [3.63, 3.8) is 0 Å². The Hall–Kier alpha value is -3.42. The van der Waals surface area contributed by atoms with E-state index in [0.29, 0.717) is 6.29 Å². The summed E-state index contributed by atoms with van der Waals surface area (Å²) in [7, 11) is 0. The Balaban J connectivity index is 1.87. The van der Waals surface area contributed by atoms with Crippen LogP contribution in [0.1, 0.15) is 26.5 Å². The van der Waals surface area contributed by atoms with E-state index in [4.69, 9.17) is 10.5 Å². The van der Waals surface area contributed by atoms with Crippen LogP contribution in [0.2, 0.25) is 0 Å². The monoisotopic (exact) mass is 314 g/mol. The van der Waals surface area contributed by atoms with Crippen molar-refractivity contribution < 1.29 is 19.1 Å². The van der Waals surface area contributed by atoms with Crippen LogP contribution in [0.25, 0.3) is 0 Å². The molecule has 1 heterocycles. The molecule has 0 saturated carbocycles. The summed E-state index contributed by atoms with van der Waals surface area (Å²) in [4.78, 5) is 39.8. The van der Waals surface area contributed by atoms with Gasteiger partial charge < -0.3 is 15.5 Å². The zero-order valence-corrected chi connectivity index (χ0v) is 12.0. The first-order valence-corrected chi connectivity index (χ1v) is 6.59. The smallest absolute Gasteiger partial charge is 0.437 e. The highest BCUT2D eigenvalue weighted by atomic mass is 16.5. The molecule has 118 valence electrons. The third kappa shape index (κ3) is 4.81. The van der Waals surface area contributed by atoms with Gasteiger partial charge in [-0.15, -0.1) is 4.99 Å². The fourth-order valence-electron chi connectivity index (χ4n) is 1.67. The average molecular weight is 314 g/mol. The Morgan fingerprint density at radius 3 is 2.61 bits per heavy atom. The summed E-state index contributed by atoms with van der Waals surface area (Å²) in [6.45, 7) is 0.0454. The molecular formula is C15H14N4O4. The summed E-state index contributed by atoms with van der Waals surface area (Å²) < 4.78 is 4.90. The predicted molar refractivity (Wildman–Crippen MR) is 81.9 cm³/mol. The van der Waals surface area contributed by atoms with Crippen LogP contribution in [-0.4, -0.2) is 29.2 Å². The van der Waals surface area contributed by atoms with Gasteiger partial charge in [0.15, 0.2) is 6.29 Å². The molecule has 23 heavy (non-hydrogen) atoms. The minimum atomic E-state index is -0.924. The fraction of sp³-hybridized carbons (Fsp3) is 0.0667. The van der Waals surface area contributed by atoms with E-state index in [1.54, 1.807) is 12.1 Å². The fourth-order valence-corrected chi connectivity index (χ4v) is 1.67. The number of nitrogens with one attached hydrogen (secondary N) is 2. The van der Waals surface area contributed by atoms with Gasteiger partial charge in [-0.2, -0.15) is 0 Å². The van der Waals surface area contributed by atoms with E-state index in [-0.39, 0.29) is 18.0 Å². The minimum Gasteiger partial charge on any atom is -0.443 e. The second-order valence-corrected chi connectivity index (χ2v) is 4.44. The van der Waals surface area contributed by atoms with Crippen LogP contribution in [-0.2, 0) is 11.3 Å². The number of aldehydes is 1. The molecule has 0 radical (unpaired) electrons. The molecular weight excluding hydrogens is 300 g/mol. The third-order valence-electron chi connectivity index (χ3n) is 2.74. The quantitative estimate of drug-likeness (QED) is 0.444. The zero-order valence-electron chi connectivity index (χ0n) is 12.0. The molecule has 0 fully saturated rings. The Morgan fingerprint density at radius 2 is 1.96 bits per heavy atom. The molecule has 1 aromatic carbocycles. The molecule has 0 atom stereocenters. The highest BCUT2D eigenvalue weighted by Gasteiger charge is 2.10. The molecule has 2 amide bonds. The van der Waals surface area contributed by atoms with E-state index in [9.17, 15) is 14.4 Å². The predicted octanol–water partition coefficient (Wildman–Crippen LogP) is 1.21. The topological polar surface area (TPSA) is 127 Å². The van der Waals surface area contributed by atoms with Crippen LogP contribution in [0.3, 0.4) is 0 Å². The number of nitrogens with two attached hydrogens (primary N) is 1. The number of rotatable bonds is 4. The van der Waals surface area contributed by atoms with Gasteiger partial charge in [0.25, 0.3) is 5.91 Å². The van der Waals surface area contributed by atoms with Crippen LogP contribution in [0.4, 0.5) is 4.79 Å². The summed E-state index contributed by atoms with van der Waals surface area (Å²) in [6.07, 6.45) is -0.360. The molecule has 0 spiro atoms. The molecule has 8 heteroatoms. The second kappa shape index (κ2) is 7.55. The number of H-pyrrole nitrogens is 1. The van der Waals surface area contributed by atoms with Gasteiger partial charge in [0.2, 0.25) is 5.96 Å². The summed E-state index contributed by atoms with van der Waals surface area (Å²) in [5.74, 6) is -1.04. The maximum atomic E-state index is 11.8. The van der Waals surface area contributed by atoms with Gasteiger partial charge >= 0.3 is 6.09 Å². The van der Waals surface area contributed by atoms with Gasteiger partial charge in [0.05, 0.1) is 5.69 Å². The summed E-state index contributed by atoms with van der Waals surface area (Å²) >= 11 is 0. The minimum absolute atomic E-state index is 0.0454. The highest BCUT2D eigenvalue weighted by molar-refractivity contribution is 6.06. The van der Waals surface area contributed by atoms with Crippen molar-refractivity contribution >= 4 is 24.2 Å². The van der Waals surface area contributed by atoms with Crippen LogP contribution in [0.5, 0.6) is 0 Å². The van der Waals surface area contributed by atoms with Crippen molar-refractivity contribution in [3.05, 3.63) is 59.4 Å². The number of ether oxygens (including phenoxy) is 1. The van der Waals surface area contributed by atoms with Crippen molar-refractivity contribution in [1.82, 2.24) is 10.3 Å². The zero-order chi connectivity index (χ0) is 16.7. The molecule has 2 aromatic rings. The van der Waals surface area contributed by atoms with E-state index < -0.39 is 18.0 Å². The van der Waals surface area contributed by atoms with Crippen molar-refractivity contribution in [3.8, 4) is 0 Å². The molecule has 0 aliphatic rings. The van der Waals surface area contributed by atoms with Gasteiger partial charge in [-0.05, 0) is 17.7 Å². The molecule has 8 nitrogen and oxygen atoms in total. The van der Waals surface area contributed by atoms with Crippen LogP contribution >= 0.6 is 0 Å². The molecule has 2 rings (SSSR count). The van der Waals surface area contributed by atoms with E-state index in [2.05, 4.69) is 15.3 Å². The maximum Gasteiger partial charge on any atom is 0.437 e. The maximum absolute atomic E-state index is 11.8. The van der Waals surface area contributed by atoms with Crippen LogP contribution in [0.15, 0.2) is 47.5 Å². The lowest BCUT2D eigenvalue weighted by molar-refractivity contribution is 0.0972. The van der Waals surface area contributed by atoms with Crippen molar-refractivity contribution in [2.24, 2.45) is 10.7 Å². The molecule has 0 unspecified atom stereocenters. The Morgan fingerprint density at radius 1 is 1.22 bits per heavy atom. The van der Waals surface area contributed by atoms with Gasteiger partial charge in [0.1, 0.15) is 12.3 Å². The number of aromatic amines is 1. The van der Waals surface area contributed by atoms with Crippen LogP contribution in [0, 0.1) is 0 Å². The Bertz CT molecular complexity index is 737. The van der Waals surface area contributed by atoms with Gasteiger partial charge in [0, 0.05) is 0 Å². The Kier molecular flexibility index (Phi) is 5.24.